The summed E-state index contributed by atoms with van der Waals surface area (Å²) in [6, 6.07) is 10.4. The molecule has 0 atom stereocenters. The fourth-order valence-corrected chi connectivity index (χ4v) is 5.24. The van der Waals surface area contributed by atoms with Crippen LogP contribution in [0.3, 0.4) is 0 Å². The Morgan fingerprint density at radius 2 is 1.83 bits per heavy atom. The Morgan fingerprint density at radius 3 is 2.54 bits per heavy atom. The summed E-state index contributed by atoms with van der Waals surface area (Å²) in [6.45, 7) is 2.05. The zero-order chi connectivity index (χ0) is 28.8. The molecular formula is C28H23ClF3N5O4. The Kier molecular flexibility index (Phi) is 6.92. The van der Waals surface area contributed by atoms with Crippen LogP contribution in [0, 0.1) is 0 Å². The fourth-order valence-electron chi connectivity index (χ4n) is 5.07. The van der Waals surface area contributed by atoms with Crippen LogP contribution in [-0.4, -0.2) is 63.5 Å². The third-order valence-electron chi connectivity index (χ3n) is 7.28. The van der Waals surface area contributed by atoms with Crippen LogP contribution in [0.2, 0.25) is 5.02 Å². The van der Waals surface area contributed by atoms with Crippen molar-refractivity contribution in [3.05, 3.63) is 76.6 Å². The Morgan fingerprint density at radius 1 is 1.05 bits per heavy atom. The summed E-state index contributed by atoms with van der Waals surface area (Å²) < 4.78 is 50.4. The molecule has 0 bridgehead atoms. The van der Waals surface area contributed by atoms with Gasteiger partial charge in [-0.15, -0.1) is 13.2 Å². The zero-order valence-electron chi connectivity index (χ0n) is 21.4. The average molecular weight is 586 g/mol. The second-order valence-electron chi connectivity index (χ2n) is 9.86. The second kappa shape index (κ2) is 10.4. The summed E-state index contributed by atoms with van der Waals surface area (Å²) in [7, 11) is 0. The number of amides is 1. The van der Waals surface area contributed by atoms with Crippen molar-refractivity contribution in [2.24, 2.45) is 0 Å². The van der Waals surface area contributed by atoms with E-state index in [4.69, 9.17) is 16.3 Å². The van der Waals surface area contributed by atoms with E-state index in [0.717, 1.165) is 17.2 Å². The zero-order valence-corrected chi connectivity index (χ0v) is 22.2. The molecule has 0 spiro atoms. The number of carbonyl (C=O) groups is 1. The van der Waals surface area contributed by atoms with Gasteiger partial charge in [-0.3, -0.25) is 24.0 Å². The number of nitrogens with one attached hydrogen (secondary N) is 1. The highest BCUT2D eigenvalue weighted by Crippen LogP contribution is 2.44. The molecular weight excluding hydrogens is 563 g/mol. The standard InChI is InChI=1S/C28H23ClF3N5O4/c29-19-11-18(14-33-15-19)17-1-3-21-22(12-17)34-16-37(25(21)38)20-2-4-24(41-28(30,31)32)23(13-20)35-26(39)27(5-6-27)36-7-9-40-10-8-36/h1-4,11-16H,5-10H2,(H,35,39). The quantitative estimate of drug-likeness (QED) is 0.347. The van der Waals surface area contributed by atoms with Crippen LogP contribution in [0.1, 0.15) is 12.8 Å². The van der Waals surface area contributed by atoms with Gasteiger partial charge in [0.15, 0.2) is 5.75 Å². The lowest BCUT2D eigenvalue weighted by atomic mass is 10.1. The number of nitrogens with zero attached hydrogens (tertiary/aromatic N) is 4. The predicted octanol–water partition coefficient (Wildman–Crippen LogP) is 4.80. The number of ether oxygens (including phenoxy) is 2. The largest absolute Gasteiger partial charge is 0.573 e. The first-order chi connectivity index (χ1) is 19.6. The molecule has 0 radical (unpaired) electrons. The molecule has 4 aromatic rings. The van der Waals surface area contributed by atoms with E-state index in [1.807, 2.05) is 4.90 Å². The van der Waals surface area contributed by atoms with Gasteiger partial charge in [0.25, 0.3) is 5.56 Å². The minimum Gasteiger partial charge on any atom is -0.404 e. The summed E-state index contributed by atoms with van der Waals surface area (Å²) in [5.41, 5.74) is 0.651. The lowest BCUT2D eigenvalue weighted by Crippen LogP contribution is -2.51. The van der Waals surface area contributed by atoms with Gasteiger partial charge in [0.1, 0.15) is 11.9 Å². The number of fused-ring (bicyclic) bond motifs is 1. The molecule has 1 saturated heterocycles. The van der Waals surface area contributed by atoms with Crippen molar-refractivity contribution in [1.29, 1.82) is 0 Å². The number of hydrogen-bond acceptors (Lipinski definition) is 7. The number of anilines is 1. The van der Waals surface area contributed by atoms with Gasteiger partial charge < -0.3 is 14.8 Å². The fraction of sp³-hybridized carbons (Fsp3) is 0.286. The minimum atomic E-state index is -4.99. The molecule has 1 aliphatic heterocycles. The maximum atomic E-state index is 13.4. The van der Waals surface area contributed by atoms with Gasteiger partial charge >= 0.3 is 6.36 Å². The Labute approximate surface area is 236 Å². The van der Waals surface area contributed by atoms with Crippen LogP contribution in [0.15, 0.2) is 66.0 Å². The Bertz CT molecular complexity index is 1700. The van der Waals surface area contributed by atoms with E-state index < -0.39 is 29.1 Å². The third-order valence-corrected chi connectivity index (χ3v) is 7.48. The van der Waals surface area contributed by atoms with E-state index in [0.29, 0.717) is 49.7 Å². The van der Waals surface area contributed by atoms with Crippen LogP contribution < -0.4 is 15.6 Å². The molecule has 6 rings (SSSR count). The Hall–Kier alpha value is -4.00. The van der Waals surface area contributed by atoms with Crippen LogP contribution in [0.25, 0.3) is 27.7 Å². The highest BCUT2D eigenvalue weighted by molar-refractivity contribution is 6.30. The molecule has 1 aliphatic carbocycles. The summed E-state index contributed by atoms with van der Waals surface area (Å²) in [5, 5.41) is 3.38. The first kappa shape index (κ1) is 27.2. The van der Waals surface area contributed by atoms with Gasteiger partial charge in [-0.25, -0.2) is 4.98 Å². The lowest BCUT2D eigenvalue weighted by molar-refractivity contribution is -0.274. The molecule has 212 valence electrons. The van der Waals surface area contributed by atoms with E-state index in [1.54, 1.807) is 30.5 Å². The maximum Gasteiger partial charge on any atom is 0.573 e. The number of aromatic nitrogens is 3. The van der Waals surface area contributed by atoms with Crippen LogP contribution >= 0.6 is 11.6 Å². The number of halogens is 4. The topological polar surface area (TPSA) is 98.6 Å². The van der Waals surface area contributed by atoms with Crippen LogP contribution in [0.4, 0.5) is 18.9 Å². The summed E-state index contributed by atoms with van der Waals surface area (Å²) >= 11 is 6.05. The van der Waals surface area contributed by atoms with Gasteiger partial charge in [0, 0.05) is 31.0 Å². The molecule has 2 aromatic carbocycles. The highest BCUT2D eigenvalue weighted by atomic mass is 35.5. The van der Waals surface area contributed by atoms with Crippen molar-refractivity contribution in [3.8, 4) is 22.6 Å². The van der Waals surface area contributed by atoms with Crippen molar-refractivity contribution >= 4 is 34.1 Å². The van der Waals surface area contributed by atoms with Crippen molar-refractivity contribution in [3.63, 3.8) is 0 Å². The normalized spacial score (nSPS) is 16.9. The number of rotatable bonds is 6. The molecule has 13 heteroatoms. The predicted molar refractivity (Wildman–Crippen MR) is 145 cm³/mol. The number of alkyl halides is 3. The first-order valence-corrected chi connectivity index (χ1v) is 13.2. The lowest BCUT2D eigenvalue weighted by Gasteiger charge is -2.34. The molecule has 1 amide bonds. The number of hydrogen-bond donors (Lipinski definition) is 1. The summed E-state index contributed by atoms with van der Waals surface area (Å²) in [6.07, 6.45) is 0.605. The van der Waals surface area contributed by atoms with Crippen molar-refractivity contribution in [2.45, 2.75) is 24.7 Å². The monoisotopic (exact) mass is 585 g/mol. The van der Waals surface area contributed by atoms with Gasteiger partial charge in [-0.1, -0.05) is 17.7 Å². The van der Waals surface area contributed by atoms with Gasteiger partial charge in [-0.2, -0.15) is 0 Å². The average Bonchev–Trinajstić information content (AvgIpc) is 3.76. The van der Waals surface area contributed by atoms with Gasteiger partial charge in [-0.05, 0) is 54.8 Å². The molecule has 1 N–H and O–H groups in total. The van der Waals surface area contributed by atoms with E-state index in [9.17, 15) is 22.8 Å². The van der Waals surface area contributed by atoms with Crippen molar-refractivity contribution in [2.75, 3.05) is 31.6 Å². The number of pyridine rings is 1. The first-order valence-electron chi connectivity index (χ1n) is 12.8. The SMILES string of the molecule is O=C(Nc1cc(-n2cnc3cc(-c4cncc(Cl)c4)ccc3c2=O)ccc1OC(F)(F)F)C1(N2CCOCC2)CC1. The minimum absolute atomic E-state index is 0.202. The molecule has 2 aromatic heterocycles. The molecule has 1 saturated carbocycles. The molecule has 9 nitrogen and oxygen atoms in total. The maximum absolute atomic E-state index is 13.4. The highest BCUT2D eigenvalue weighted by Gasteiger charge is 2.54. The van der Waals surface area contributed by atoms with Crippen molar-refractivity contribution < 1.29 is 27.4 Å². The van der Waals surface area contributed by atoms with Crippen LogP contribution in [0.5, 0.6) is 5.75 Å². The molecule has 41 heavy (non-hydrogen) atoms. The van der Waals surface area contributed by atoms with Gasteiger partial charge in [0.05, 0.1) is 40.5 Å². The third kappa shape index (κ3) is 5.50. The summed E-state index contributed by atoms with van der Waals surface area (Å²) in [4.78, 5) is 37.2. The van der Waals surface area contributed by atoms with Crippen LogP contribution in [-0.2, 0) is 9.53 Å². The van der Waals surface area contributed by atoms with E-state index in [1.165, 1.54) is 29.2 Å². The van der Waals surface area contributed by atoms with Crippen molar-refractivity contribution in [1.82, 2.24) is 19.4 Å². The second-order valence-corrected chi connectivity index (χ2v) is 10.3. The number of benzene rings is 2. The summed E-state index contributed by atoms with van der Waals surface area (Å²) in [5.74, 6) is -1.02. The van der Waals surface area contributed by atoms with E-state index in [2.05, 4.69) is 20.0 Å². The van der Waals surface area contributed by atoms with E-state index >= 15 is 0 Å². The Balaban J connectivity index is 1.35. The number of morpholine rings is 1. The van der Waals surface area contributed by atoms with E-state index in [-0.39, 0.29) is 16.8 Å². The molecule has 2 aliphatic rings. The number of carbonyl (C=O) groups excluding carboxylic acids is 1. The molecule has 0 unspecified atom stereocenters. The van der Waals surface area contributed by atoms with Gasteiger partial charge in [0.2, 0.25) is 5.91 Å². The molecule has 2 fully saturated rings. The molecule has 3 heterocycles. The smallest absolute Gasteiger partial charge is 0.404 e.